The van der Waals surface area contributed by atoms with Gasteiger partial charge >= 0.3 is 12.2 Å². The molecule has 0 atom stereocenters. The molecule has 2 amide bonds. The smallest absolute Gasteiger partial charge is 0.406 e. The molecule has 2 rings (SSSR count). The van der Waals surface area contributed by atoms with Crippen molar-refractivity contribution in [2.24, 2.45) is 5.73 Å². The molecule has 0 aliphatic carbocycles. The molecule has 0 bridgehead atoms. The molecule has 0 unspecified atom stereocenters. The van der Waals surface area contributed by atoms with Gasteiger partial charge in [0.15, 0.2) is 11.5 Å². The van der Waals surface area contributed by atoms with E-state index in [0.29, 0.717) is 13.1 Å². The average Bonchev–Trinajstić information content (AvgIpc) is 3.32. The zero-order valence-corrected chi connectivity index (χ0v) is 43.6. The third kappa shape index (κ3) is 33.7. The van der Waals surface area contributed by atoms with Gasteiger partial charge in [0, 0.05) is 18.5 Å². The van der Waals surface area contributed by atoms with Crippen LogP contribution in [0.4, 0.5) is 9.59 Å². The maximum Gasteiger partial charge on any atom is 0.415 e. The second-order valence-electron chi connectivity index (χ2n) is 20.2. The number of hydrogen-bond acceptors (Lipinski definition) is 4. The zero-order valence-electron chi connectivity index (χ0n) is 43.6. The van der Waals surface area contributed by atoms with Gasteiger partial charge in [-0.1, -0.05) is 314 Å². The lowest BCUT2D eigenvalue weighted by molar-refractivity contribution is 0.148. The topological polar surface area (TPSA) is 81.9 Å². The molecule has 0 aliphatic heterocycles. The lowest BCUT2D eigenvalue weighted by Gasteiger charge is -2.23. The largest absolute Gasteiger partial charge is 0.415 e. The normalized spacial score (nSPS) is 11.4. The summed E-state index contributed by atoms with van der Waals surface area (Å²) in [5.41, 5.74) is 5.40. The van der Waals surface area contributed by atoms with Gasteiger partial charge < -0.3 is 20.1 Å². The lowest BCUT2D eigenvalue weighted by Crippen LogP contribution is -2.35. The highest BCUT2D eigenvalue weighted by Gasteiger charge is 2.21. The number of benzene rings is 2. The number of nitrogens with zero attached hydrogens (tertiary/aromatic N) is 1. The van der Waals surface area contributed by atoms with Crippen LogP contribution in [0, 0.1) is 0 Å². The number of unbranched alkanes of at least 4 members (excludes halogenated alkanes) is 42. The molecule has 2 N–H and O–H groups in total. The number of ether oxygens (including phenoxy) is 2. The second kappa shape index (κ2) is 44.7. The van der Waals surface area contributed by atoms with Crippen LogP contribution in [0.25, 0.3) is 10.8 Å². The van der Waals surface area contributed by atoms with Crippen LogP contribution >= 0.6 is 0 Å². The molecule has 2 aromatic rings. The summed E-state index contributed by atoms with van der Waals surface area (Å²) in [6.07, 6.45) is 58.6. The van der Waals surface area contributed by atoms with Gasteiger partial charge in [0.2, 0.25) is 0 Å². The highest BCUT2D eigenvalue weighted by atomic mass is 16.6. The van der Waals surface area contributed by atoms with Gasteiger partial charge in [-0.3, -0.25) is 0 Å². The predicted molar refractivity (Wildman–Crippen MR) is 286 cm³/mol. The molecule has 0 saturated carbocycles. The minimum atomic E-state index is -0.927. The molecule has 380 valence electrons. The summed E-state index contributed by atoms with van der Waals surface area (Å²) in [5, 5.41) is 1.63. The average molecular weight is 920 g/mol. The van der Waals surface area contributed by atoms with Gasteiger partial charge in [-0.05, 0) is 24.3 Å². The molecule has 0 spiro atoms. The number of nitrogens with two attached hydrogens (primary N) is 1. The van der Waals surface area contributed by atoms with Crippen molar-refractivity contribution in [2.75, 3.05) is 13.1 Å². The summed E-state index contributed by atoms with van der Waals surface area (Å²) in [7, 11) is 0. The minimum absolute atomic E-state index is 0.170. The van der Waals surface area contributed by atoms with E-state index in [1.807, 2.05) is 35.2 Å². The Morgan fingerprint density at radius 2 is 0.667 bits per heavy atom. The fourth-order valence-electron chi connectivity index (χ4n) is 9.79. The van der Waals surface area contributed by atoms with Crippen LogP contribution in [0.15, 0.2) is 36.4 Å². The Kier molecular flexibility index (Phi) is 40.2. The van der Waals surface area contributed by atoms with Crippen LogP contribution in [-0.4, -0.2) is 30.2 Å². The third-order valence-corrected chi connectivity index (χ3v) is 14.1. The summed E-state index contributed by atoms with van der Waals surface area (Å²) in [5.74, 6) is 0.424. The van der Waals surface area contributed by atoms with Gasteiger partial charge in [0.25, 0.3) is 0 Å². The number of fused-ring (bicyclic) bond motifs is 1. The molecular weight excluding hydrogens is 813 g/mol. The fraction of sp³-hybridized carbons (Fsp3) is 0.800. The van der Waals surface area contributed by atoms with Crippen molar-refractivity contribution >= 4 is 23.0 Å². The Hall–Kier alpha value is -2.76. The van der Waals surface area contributed by atoms with Crippen molar-refractivity contribution in [1.82, 2.24) is 4.90 Å². The van der Waals surface area contributed by atoms with Crippen molar-refractivity contribution in [3.63, 3.8) is 0 Å². The Balaban J connectivity index is 1.59. The van der Waals surface area contributed by atoms with E-state index >= 15 is 0 Å². The molecule has 2 aromatic carbocycles. The summed E-state index contributed by atoms with van der Waals surface area (Å²) in [6, 6.07) is 11.2. The van der Waals surface area contributed by atoms with E-state index in [2.05, 4.69) is 13.8 Å². The highest BCUT2D eigenvalue weighted by Crippen LogP contribution is 2.36. The van der Waals surface area contributed by atoms with Crippen LogP contribution < -0.4 is 15.2 Å². The van der Waals surface area contributed by atoms with Gasteiger partial charge in [-0.25, -0.2) is 9.59 Å². The second-order valence-corrected chi connectivity index (χ2v) is 20.2. The first-order valence-electron chi connectivity index (χ1n) is 29.0. The van der Waals surface area contributed by atoms with E-state index in [-0.39, 0.29) is 17.6 Å². The molecule has 0 fully saturated rings. The van der Waals surface area contributed by atoms with E-state index in [4.69, 9.17) is 15.2 Å². The maximum atomic E-state index is 13.8. The Labute approximate surface area is 408 Å². The van der Waals surface area contributed by atoms with E-state index < -0.39 is 6.09 Å². The first kappa shape index (κ1) is 59.4. The monoisotopic (exact) mass is 919 g/mol. The van der Waals surface area contributed by atoms with Crippen molar-refractivity contribution in [1.29, 1.82) is 0 Å². The number of primary amides is 1. The SMILES string of the molecule is CCCCCCCCCCCCCCCCCCCCCCCCN(CCCCCCCCCCCCCCCCCCCCCCCC)C(=O)Oc1c(OC(N)=O)ccc2ccccc12. The van der Waals surface area contributed by atoms with Crippen LogP contribution in [-0.2, 0) is 0 Å². The first-order chi connectivity index (χ1) is 32.6. The molecule has 0 heterocycles. The lowest BCUT2D eigenvalue weighted by atomic mass is 10.0. The Morgan fingerprint density at radius 1 is 0.379 bits per heavy atom. The first-order valence-corrected chi connectivity index (χ1v) is 29.0. The zero-order chi connectivity index (χ0) is 47.2. The summed E-state index contributed by atoms with van der Waals surface area (Å²) >= 11 is 0. The molecule has 66 heavy (non-hydrogen) atoms. The summed E-state index contributed by atoms with van der Waals surface area (Å²) < 4.78 is 11.4. The molecule has 6 nitrogen and oxygen atoms in total. The number of rotatable bonds is 48. The maximum absolute atomic E-state index is 13.8. The molecule has 0 saturated heterocycles. The van der Waals surface area contributed by atoms with Gasteiger partial charge in [0.05, 0.1) is 0 Å². The molecule has 0 radical (unpaired) electrons. The van der Waals surface area contributed by atoms with Gasteiger partial charge in [-0.15, -0.1) is 0 Å². The third-order valence-electron chi connectivity index (χ3n) is 14.1. The van der Waals surface area contributed by atoms with Crippen molar-refractivity contribution in [3.05, 3.63) is 36.4 Å². The molecular formula is C60H106N2O4. The number of carbonyl (C=O) groups excluding carboxylic acids is 2. The van der Waals surface area contributed by atoms with E-state index in [1.54, 1.807) is 6.07 Å². The number of amides is 2. The molecule has 0 aromatic heterocycles. The standard InChI is InChI=1S/C60H106N2O4/c1-3-5-7-9-11-13-15-17-19-21-23-25-27-29-31-33-35-37-39-41-43-47-53-62(60(64)66-58-56-50-46-45-49-55(56)51-52-57(58)65-59(61)63)54-48-44-42-40-38-36-34-32-30-28-26-24-22-20-18-16-14-12-10-8-6-4-2/h45-46,49-52H,3-44,47-48,53-54H2,1-2H3,(H2,61,63). The van der Waals surface area contributed by atoms with Crippen LogP contribution in [0.5, 0.6) is 11.5 Å². The summed E-state index contributed by atoms with van der Waals surface area (Å²) in [4.78, 5) is 27.5. The Bertz CT molecular complexity index is 1350. The van der Waals surface area contributed by atoms with E-state index in [1.165, 1.54) is 257 Å². The van der Waals surface area contributed by atoms with Crippen LogP contribution in [0.3, 0.4) is 0 Å². The predicted octanol–water partition coefficient (Wildman–Crippen LogP) is 20.3. The minimum Gasteiger partial charge on any atom is -0.406 e. The highest BCUT2D eigenvalue weighted by molar-refractivity contribution is 5.93. The van der Waals surface area contributed by atoms with E-state index in [9.17, 15) is 9.59 Å². The quantitative estimate of drug-likeness (QED) is 0.0671. The summed E-state index contributed by atoms with van der Waals surface area (Å²) in [6.45, 7) is 5.94. The van der Waals surface area contributed by atoms with Gasteiger partial charge in [0.1, 0.15) is 0 Å². The van der Waals surface area contributed by atoms with Crippen molar-refractivity contribution in [3.8, 4) is 11.5 Å². The molecule has 6 heteroatoms. The van der Waals surface area contributed by atoms with Gasteiger partial charge in [-0.2, -0.15) is 0 Å². The molecule has 0 aliphatic rings. The van der Waals surface area contributed by atoms with E-state index in [0.717, 1.165) is 36.5 Å². The number of hydrogen-bond donors (Lipinski definition) is 1. The van der Waals surface area contributed by atoms with Crippen LogP contribution in [0.2, 0.25) is 0 Å². The van der Waals surface area contributed by atoms with Crippen molar-refractivity contribution < 1.29 is 19.1 Å². The Morgan fingerprint density at radius 3 is 0.970 bits per heavy atom. The van der Waals surface area contributed by atoms with Crippen LogP contribution in [0.1, 0.15) is 296 Å². The van der Waals surface area contributed by atoms with Crippen molar-refractivity contribution in [2.45, 2.75) is 296 Å². The number of carbonyl (C=O) groups is 2. The fourth-order valence-corrected chi connectivity index (χ4v) is 9.79.